The third-order valence-electron chi connectivity index (χ3n) is 3.53. The molecule has 0 bridgehead atoms. The number of carbonyl (C=O) groups is 4. The minimum absolute atomic E-state index is 0.0641. The van der Waals surface area contributed by atoms with Crippen molar-refractivity contribution in [3.05, 3.63) is 46.5 Å². The largest absolute Gasteiger partial charge is 0.277 e. The quantitative estimate of drug-likeness (QED) is 0.599. The molecule has 2 rings (SSSR count). The van der Waals surface area contributed by atoms with Gasteiger partial charge in [-0.2, -0.15) is 21.0 Å². The van der Waals surface area contributed by atoms with E-state index in [1.165, 1.54) is 48.5 Å². The van der Waals surface area contributed by atoms with Gasteiger partial charge in [-0.05, 0) is 10.8 Å². The van der Waals surface area contributed by atoms with Gasteiger partial charge in [0.25, 0.3) is 23.1 Å². The summed E-state index contributed by atoms with van der Waals surface area (Å²) in [6, 6.07) is 10.5. The lowest BCUT2D eigenvalue weighted by Crippen LogP contribution is -2.19. The van der Waals surface area contributed by atoms with Gasteiger partial charge in [0.1, 0.15) is 24.3 Å². The van der Waals surface area contributed by atoms with E-state index in [-0.39, 0.29) is 10.8 Å². The molecule has 0 heterocycles. The number of ketones is 4. The van der Waals surface area contributed by atoms with E-state index in [0.717, 1.165) is 0 Å². The lowest BCUT2D eigenvalue weighted by atomic mass is 9.83. The zero-order valence-electron chi connectivity index (χ0n) is 12.7. The van der Waals surface area contributed by atoms with Crippen molar-refractivity contribution in [2.75, 3.05) is 0 Å². The SMILES string of the molecule is N#CC(=O)c1c(C(=O)C#N)c(C(=O)C#N)c2ccccc2c1C(=O)C#N. The standard InChI is InChI=1S/C18H4N4O4/c19-5-11(23)15-9-3-1-2-4-10(9)16(12(24)6-20)18(14(26)8-22)17(15)13(25)7-21/h1-4H. The fraction of sp³-hybridized carbons (Fsp3) is 0. The van der Waals surface area contributed by atoms with E-state index in [1.54, 1.807) is 0 Å². The van der Waals surface area contributed by atoms with E-state index >= 15 is 0 Å². The number of fused-ring (bicyclic) bond motifs is 1. The molecule has 26 heavy (non-hydrogen) atoms. The van der Waals surface area contributed by atoms with E-state index in [9.17, 15) is 19.2 Å². The molecule has 0 fully saturated rings. The molecule has 0 saturated heterocycles. The number of benzene rings is 2. The number of carbonyl (C=O) groups excluding carboxylic acids is 4. The second-order valence-electron chi connectivity index (χ2n) is 4.81. The molecule has 0 aliphatic carbocycles. The first-order chi connectivity index (χ1) is 12.4. The molecule has 2 aromatic carbocycles. The lowest BCUT2D eigenvalue weighted by molar-refractivity contribution is 0.0999. The lowest BCUT2D eigenvalue weighted by Gasteiger charge is -2.14. The predicted octanol–water partition coefficient (Wildman–Crippen LogP) is 1.66. The van der Waals surface area contributed by atoms with Crippen LogP contribution in [0.25, 0.3) is 10.8 Å². The van der Waals surface area contributed by atoms with Gasteiger partial charge in [0.2, 0.25) is 0 Å². The van der Waals surface area contributed by atoms with Crippen LogP contribution < -0.4 is 0 Å². The average Bonchev–Trinajstić information content (AvgIpc) is 2.69. The van der Waals surface area contributed by atoms with E-state index in [4.69, 9.17) is 21.0 Å². The molecule has 0 spiro atoms. The van der Waals surface area contributed by atoms with Gasteiger partial charge in [-0.3, -0.25) is 19.2 Å². The van der Waals surface area contributed by atoms with Gasteiger partial charge in [0.15, 0.2) is 0 Å². The number of Topliss-reactive ketones (excluding diaryl/α,β-unsaturated/α-hetero) is 4. The van der Waals surface area contributed by atoms with Gasteiger partial charge in [-0.25, -0.2) is 0 Å². The Morgan fingerprint density at radius 2 is 0.808 bits per heavy atom. The van der Waals surface area contributed by atoms with Gasteiger partial charge in [-0.1, -0.05) is 24.3 Å². The monoisotopic (exact) mass is 340 g/mol. The first-order valence-corrected chi connectivity index (χ1v) is 6.79. The van der Waals surface area contributed by atoms with Crippen LogP contribution in [0.3, 0.4) is 0 Å². The molecule has 2 aromatic rings. The van der Waals surface area contributed by atoms with Crippen LogP contribution in [0, 0.1) is 45.3 Å². The van der Waals surface area contributed by atoms with Crippen LogP contribution in [-0.4, -0.2) is 23.1 Å². The number of nitrogens with zero attached hydrogens (tertiary/aromatic N) is 4. The third kappa shape index (κ3) is 2.57. The number of hydrogen-bond acceptors (Lipinski definition) is 8. The van der Waals surface area contributed by atoms with Gasteiger partial charge in [0, 0.05) is 0 Å². The smallest absolute Gasteiger partial charge is 0.263 e. The topological polar surface area (TPSA) is 163 Å². The molecule has 0 aliphatic rings. The Labute approximate surface area is 145 Å². The second-order valence-corrected chi connectivity index (χ2v) is 4.81. The summed E-state index contributed by atoms with van der Waals surface area (Å²) in [7, 11) is 0. The molecule has 0 amide bonds. The Bertz CT molecular complexity index is 1100. The van der Waals surface area contributed by atoms with Crippen LogP contribution in [0.2, 0.25) is 0 Å². The molecular weight excluding hydrogens is 336 g/mol. The summed E-state index contributed by atoms with van der Waals surface area (Å²) in [5.74, 6) is -5.25. The van der Waals surface area contributed by atoms with E-state index < -0.39 is 45.4 Å². The predicted molar refractivity (Wildman–Crippen MR) is 83.7 cm³/mol. The Morgan fingerprint density at radius 3 is 1.08 bits per heavy atom. The first-order valence-electron chi connectivity index (χ1n) is 6.79. The highest BCUT2D eigenvalue weighted by Crippen LogP contribution is 2.32. The Morgan fingerprint density at radius 1 is 0.538 bits per heavy atom. The van der Waals surface area contributed by atoms with Crippen LogP contribution in [0.5, 0.6) is 0 Å². The maximum atomic E-state index is 12.1. The van der Waals surface area contributed by atoms with Gasteiger partial charge >= 0.3 is 0 Å². The molecule has 120 valence electrons. The van der Waals surface area contributed by atoms with E-state index in [2.05, 4.69) is 0 Å². The number of hydrogen-bond donors (Lipinski definition) is 0. The summed E-state index contributed by atoms with van der Waals surface area (Å²) < 4.78 is 0. The van der Waals surface area contributed by atoms with Crippen LogP contribution in [0.1, 0.15) is 41.4 Å². The maximum Gasteiger partial charge on any atom is 0.263 e. The van der Waals surface area contributed by atoms with Gasteiger partial charge < -0.3 is 0 Å². The molecule has 0 unspecified atom stereocenters. The highest BCUT2D eigenvalue weighted by molar-refractivity contribution is 6.34. The molecule has 0 radical (unpaired) electrons. The van der Waals surface area contributed by atoms with Crippen molar-refractivity contribution in [1.82, 2.24) is 0 Å². The molecule has 0 aromatic heterocycles. The minimum Gasteiger partial charge on any atom is -0.277 e. The van der Waals surface area contributed by atoms with Crippen LogP contribution >= 0.6 is 0 Å². The summed E-state index contributed by atoms with van der Waals surface area (Å²) in [5.41, 5.74) is -2.80. The van der Waals surface area contributed by atoms with Crippen molar-refractivity contribution in [3.63, 3.8) is 0 Å². The molecule has 0 N–H and O–H groups in total. The normalized spacial score (nSPS) is 9.23. The Hall–Kier alpha value is -4.66. The summed E-state index contributed by atoms with van der Waals surface area (Å²) >= 11 is 0. The molecular formula is C18H4N4O4. The van der Waals surface area contributed by atoms with Crippen molar-refractivity contribution < 1.29 is 19.2 Å². The second kappa shape index (κ2) is 6.84. The summed E-state index contributed by atoms with van der Waals surface area (Å²) in [6.45, 7) is 0. The van der Waals surface area contributed by atoms with Crippen molar-refractivity contribution in [1.29, 1.82) is 21.0 Å². The van der Waals surface area contributed by atoms with Crippen molar-refractivity contribution in [2.24, 2.45) is 0 Å². The zero-order valence-corrected chi connectivity index (χ0v) is 12.7. The van der Waals surface area contributed by atoms with Gasteiger partial charge in [0.05, 0.1) is 22.3 Å². The molecule has 0 aliphatic heterocycles. The van der Waals surface area contributed by atoms with Gasteiger partial charge in [-0.15, -0.1) is 0 Å². The zero-order chi connectivity index (χ0) is 19.4. The molecule has 8 heteroatoms. The molecule has 8 nitrogen and oxygen atoms in total. The van der Waals surface area contributed by atoms with Crippen LogP contribution in [0.4, 0.5) is 0 Å². The van der Waals surface area contributed by atoms with E-state index in [0.29, 0.717) is 0 Å². The fourth-order valence-corrected chi connectivity index (χ4v) is 2.59. The summed E-state index contributed by atoms with van der Waals surface area (Å²) in [4.78, 5) is 48.5. The highest BCUT2D eigenvalue weighted by atomic mass is 16.1. The summed E-state index contributed by atoms with van der Waals surface area (Å²) in [6.07, 6.45) is 0. The number of rotatable bonds is 4. The molecule has 0 saturated carbocycles. The van der Waals surface area contributed by atoms with Crippen molar-refractivity contribution in [3.8, 4) is 24.3 Å². The molecule has 0 atom stereocenters. The van der Waals surface area contributed by atoms with E-state index in [1.807, 2.05) is 0 Å². The minimum atomic E-state index is -1.39. The fourth-order valence-electron chi connectivity index (χ4n) is 2.59. The highest BCUT2D eigenvalue weighted by Gasteiger charge is 2.33. The Kier molecular flexibility index (Phi) is 4.66. The van der Waals surface area contributed by atoms with Crippen LogP contribution in [0.15, 0.2) is 24.3 Å². The van der Waals surface area contributed by atoms with Crippen molar-refractivity contribution >= 4 is 33.9 Å². The number of nitriles is 4. The average molecular weight is 340 g/mol. The third-order valence-corrected chi connectivity index (χ3v) is 3.53. The van der Waals surface area contributed by atoms with Crippen LogP contribution in [-0.2, 0) is 0 Å². The van der Waals surface area contributed by atoms with Crippen molar-refractivity contribution in [2.45, 2.75) is 0 Å². The maximum absolute atomic E-state index is 12.1. The summed E-state index contributed by atoms with van der Waals surface area (Å²) in [5, 5.41) is 35.8. The Balaban J connectivity index is 3.34. The first kappa shape index (κ1) is 17.7.